The minimum absolute atomic E-state index is 0.0493. The number of hydrogen-bond donors (Lipinski definition) is 1. The van der Waals surface area contributed by atoms with Crippen LogP contribution in [0.5, 0.6) is 0 Å². The maximum atomic E-state index is 13.4. The molecule has 0 saturated carbocycles. The highest BCUT2D eigenvalue weighted by atomic mass is 35.5. The van der Waals surface area contributed by atoms with Crippen LogP contribution < -0.4 is 5.32 Å². The maximum Gasteiger partial charge on any atom is 0.145 e. The van der Waals surface area contributed by atoms with Crippen LogP contribution in [0.2, 0.25) is 5.02 Å². The van der Waals surface area contributed by atoms with Crippen molar-refractivity contribution in [2.75, 3.05) is 7.05 Å². The van der Waals surface area contributed by atoms with E-state index in [9.17, 15) is 4.39 Å². The summed E-state index contributed by atoms with van der Waals surface area (Å²) in [6.45, 7) is 0. The van der Waals surface area contributed by atoms with E-state index in [2.05, 4.69) is 15.3 Å². The molecule has 1 atom stereocenters. The number of nitrogens with one attached hydrogen (secondary N) is 1. The first-order valence-electron chi connectivity index (χ1n) is 5.59. The summed E-state index contributed by atoms with van der Waals surface area (Å²) in [4.78, 5) is 8.39. The zero-order valence-corrected chi connectivity index (χ0v) is 10.7. The lowest BCUT2D eigenvalue weighted by Gasteiger charge is -2.14. The van der Waals surface area contributed by atoms with Gasteiger partial charge in [-0.15, -0.1) is 0 Å². The van der Waals surface area contributed by atoms with Gasteiger partial charge in [0.2, 0.25) is 0 Å². The molecule has 0 aliphatic rings. The molecule has 1 heterocycles. The summed E-state index contributed by atoms with van der Waals surface area (Å²) < 4.78 is 13.4. The fourth-order valence-electron chi connectivity index (χ4n) is 1.72. The first kappa shape index (κ1) is 12.9. The molecular formula is C13H13ClFN3. The van der Waals surface area contributed by atoms with Gasteiger partial charge in [-0.2, -0.15) is 0 Å². The van der Waals surface area contributed by atoms with Crippen LogP contribution in [0.4, 0.5) is 4.39 Å². The summed E-state index contributed by atoms with van der Waals surface area (Å²) in [5, 5.41) is 3.26. The van der Waals surface area contributed by atoms with E-state index >= 15 is 0 Å². The molecule has 0 aliphatic carbocycles. The highest BCUT2D eigenvalue weighted by Crippen LogP contribution is 2.19. The van der Waals surface area contributed by atoms with Gasteiger partial charge in [0.1, 0.15) is 11.6 Å². The Morgan fingerprint density at radius 2 is 2.06 bits per heavy atom. The van der Waals surface area contributed by atoms with Gasteiger partial charge in [-0.25, -0.2) is 14.4 Å². The highest BCUT2D eigenvalue weighted by Gasteiger charge is 2.13. The van der Waals surface area contributed by atoms with Crippen molar-refractivity contribution in [3.63, 3.8) is 0 Å². The number of benzene rings is 1. The van der Waals surface area contributed by atoms with Gasteiger partial charge in [0.15, 0.2) is 0 Å². The third-order valence-corrected chi connectivity index (χ3v) is 2.98. The Labute approximate surface area is 110 Å². The van der Waals surface area contributed by atoms with E-state index in [0.29, 0.717) is 12.2 Å². The molecule has 18 heavy (non-hydrogen) atoms. The summed E-state index contributed by atoms with van der Waals surface area (Å²) in [6, 6.07) is 6.52. The number of rotatable bonds is 4. The molecule has 2 aromatic rings. The number of halogens is 2. The van der Waals surface area contributed by atoms with Crippen molar-refractivity contribution in [1.29, 1.82) is 0 Å². The van der Waals surface area contributed by atoms with Crippen molar-refractivity contribution in [2.24, 2.45) is 0 Å². The molecule has 1 unspecified atom stereocenters. The van der Waals surface area contributed by atoms with Gasteiger partial charge >= 0.3 is 0 Å². The zero-order chi connectivity index (χ0) is 13.0. The smallest absolute Gasteiger partial charge is 0.145 e. The first-order valence-corrected chi connectivity index (χ1v) is 5.96. The monoisotopic (exact) mass is 265 g/mol. The largest absolute Gasteiger partial charge is 0.310 e. The molecule has 0 aliphatic heterocycles. The van der Waals surface area contributed by atoms with Crippen LogP contribution in [0.15, 0.2) is 36.7 Å². The molecule has 0 radical (unpaired) electrons. The number of likely N-dealkylation sites (N-methyl/N-ethyl adjacent to an activating group) is 1. The molecule has 5 heteroatoms. The van der Waals surface area contributed by atoms with Gasteiger partial charge in [0.05, 0.1) is 11.1 Å². The van der Waals surface area contributed by atoms with Crippen molar-refractivity contribution >= 4 is 11.6 Å². The quantitative estimate of drug-likeness (QED) is 0.924. The Kier molecular flexibility index (Phi) is 4.23. The molecule has 0 spiro atoms. The second-order valence-electron chi connectivity index (χ2n) is 3.90. The number of aromatic nitrogens is 2. The van der Waals surface area contributed by atoms with Crippen molar-refractivity contribution in [2.45, 2.75) is 12.5 Å². The molecule has 0 bridgehead atoms. The Morgan fingerprint density at radius 3 is 2.67 bits per heavy atom. The summed E-state index contributed by atoms with van der Waals surface area (Å²) in [7, 11) is 1.83. The SMILES string of the molecule is CNC(Cc1ccc(Cl)c(F)c1)c1ncccn1. The van der Waals surface area contributed by atoms with E-state index in [0.717, 1.165) is 5.56 Å². The molecule has 94 valence electrons. The lowest BCUT2D eigenvalue weighted by molar-refractivity contribution is 0.553. The molecule has 0 amide bonds. The van der Waals surface area contributed by atoms with Gasteiger partial charge in [-0.05, 0) is 37.2 Å². The molecule has 1 aromatic carbocycles. The van der Waals surface area contributed by atoms with Crippen molar-refractivity contribution in [1.82, 2.24) is 15.3 Å². The van der Waals surface area contributed by atoms with Gasteiger partial charge < -0.3 is 5.32 Å². The van der Waals surface area contributed by atoms with Crippen molar-refractivity contribution < 1.29 is 4.39 Å². The zero-order valence-electron chi connectivity index (χ0n) is 9.90. The number of nitrogens with zero attached hydrogens (tertiary/aromatic N) is 2. The standard InChI is InChI=1S/C13H13ClFN3/c1-16-12(13-17-5-2-6-18-13)8-9-3-4-10(14)11(15)7-9/h2-7,12,16H,8H2,1H3. The third kappa shape index (κ3) is 3.03. The average Bonchev–Trinajstić information content (AvgIpc) is 2.41. The molecule has 3 nitrogen and oxygen atoms in total. The second-order valence-corrected chi connectivity index (χ2v) is 4.31. The van der Waals surface area contributed by atoms with Crippen LogP contribution >= 0.6 is 11.6 Å². The maximum absolute atomic E-state index is 13.4. The molecular weight excluding hydrogens is 253 g/mol. The third-order valence-electron chi connectivity index (χ3n) is 2.67. The predicted molar refractivity (Wildman–Crippen MR) is 68.9 cm³/mol. The molecule has 0 saturated heterocycles. The Hall–Kier alpha value is -1.52. The summed E-state index contributed by atoms with van der Waals surface area (Å²) in [5.41, 5.74) is 0.851. The summed E-state index contributed by atoms with van der Waals surface area (Å²) >= 11 is 5.65. The van der Waals surface area contributed by atoms with Crippen LogP contribution in [-0.2, 0) is 6.42 Å². The van der Waals surface area contributed by atoms with Crippen molar-refractivity contribution in [3.05, 3.63) is 58.9 Å². The van der Waals surface area contributed by atoms with E-state index in [1.807, 2.05) is 7.05 Å². The van der Waals surface area contributed by atoms with Gasteiger partial charge in [-0.1, -0.05) is 17.7 Å². The van der Waals surface area contributed by atoms with Gasteiger partial charge in [-0.3, -0.25) is 0 Å². The lowest BCUT2D eigenvalue weighted by Crippen LogP contribution is -2.21. The van der Waals surface area contributed by atoms with Crippen LogP contribution in [-0.4, -0.2) is 17.0 Å². The fraction of sp³-hybridized carbons (Fsp3) is 0.231. The molecule has 0 fully saturated rings. The Bertz CT molecular complexity index is 519. The lowest BCUT2D eigenvalue weighted by atomic mass is 10.1. The topological polar surface area (TPSA) is 37.8 Å². The minimum atomic E-state index is -0.405. The van der Waals surface area contributed by atoms with E-state index in [1.165, 1.54) is 6.07 Å². The van der Waals surface area contributed by atoms with E-state index < -0.39 is 5.82 Å². The Balaban J connectivity index is 2.18. The summed E-state index contributed by atoms with van der Waals surface area (Å²) in [6.07, 6.45) is 3.98. The fourth-order valence-corrected chi connectivity index (χ4v) is 1.83. The first-order chi connectivity index (χ1) is 8.70. The van der Waals surface area contributed by atoms with Crippen LogP contribution in [0.25, 0.3) is 0 Å². The minimum Gasteiger partial charge on any atom is -0.310 e. The highest BCUT2D eigenvalue weighted by molar-refractivity contribution is 6.30. The normalized spacial score (nSPS) is 12.4. The second kappa shape index (κ2) is 5.89. The average molecular weight is 266 g/mol. The Morgan fingerprint density at radius 1 is 1.33 bits per heavy atom. The van der Waals surface area contributed by atoms with Gasteiger partial charge in [0, 0.05) is 12.4 Å². The molecule has 1 N–H and O–H groups in total. The molecule has 2 rings (SSSR count). The predicted octanol–water partition coefficient (Wildman–Crippen LogP) is 2.77. The molecule has 1 aromatic heterocycles. The number of hydrogen-bond acceptors (Lipinski definition) is 3. The van der Waals surface area contributed by atoms with E-state index in [-0.39, 0.29) is 11.1 Å². The van der Waals surface area contributed by atoms with E-state index in [4.69, 9.17) is 11.6 Å². The van der Waals surface area contributed by atoms with Crippen molar-refractivity contribution in [3.8, 4) is 0 Å². The van der Waals surface area contributed by atoms with Crippen LogP contribution in [0.3, 0.4) is 0 Å². The van der Waals surface area contributed by atoms with Gasteiger partial charge in [0.25, 0.3) is 0 Å². The summed E-state index contributed by atoms with van der Waals surface area (Å²) in [5.74, 6) is 0.286. The van der Waals surface area contributed by atoms with Crippen LogP contribution in [0.1, 0.15) is 17.4 Å². The van der Waals surface area contributed by atoms with E-state index in [1.54, 1.807) is 30.6 Å². The van der Waals surface area contributed by atoms with Crippen LogP contribution in [0, 0.1) is 5.82 Å².